The van der Waals surface area contributed by atoms with Crippen LogP contribution in [0.2, 0.25) is 0 Å². The molecule has 3 heterocycles. The first kappa shape index (κ1) is 12.6. The molecule has 0 saturated carbocycles. The Morgan fingerprint density at radius 2 is 1.35 bits per heavy atom. The summed E-state index contributed by atoms with van der Waals surface area (Å²) in [6.45, 7) is 3.64. The summed E-state index contributed by atoms with van der Waals surface area (Å²) >= 11 is 0. The fourth-order valence-electron chi connectivity index (χ4n) is 2.21. The summed E-state index contributed by atoms with van der Waals surface area (Å²) in [7, 11) is 3.91. The largest absolute Gasteiger partial charge is 0.349 e. The highest BCUT2D eigenvalue weighted by Gasteiger charge is 2.24. The molecule has 0 aromatic carbocycles. The monoisotopic (exact) mass is 274 g/mol. The van der Waals surface area contributed by atoms with Crippen LogP contribution in [0, 0.1) is 0 Å². The van der Waals surface area contributed by atoms with Gasteiger partial charge in [0.15, 0.2) is 11.6 Å². The molecule has 1 aliphatic rings. The van der Waals surface area contributed by atoms with Crippen molar-refractivity contribution in [3.63, 3.8) is 0 Å². The molecule has 20 heavy (non-hydrogen) atoms. The van der Waals surface area contributed by atoms with Gasteiger partial charge in [-0.15, -0.1) is 20.4 Å². The fourth-order valence-corrected chi connectivity index (χ4v) is 2.21. The van der Waals surface area contributed by atoms with Gasteiger partial charge in [0.05, 0.1) is 19.3 Å². The SMILES string of the molecule is CC1N(Cc2nncn2C)C=CN1Cc1nncn1C. The van der Waals surface area contributed by atoms with Crippen molar-refractivity contribution in [2.75, 3.05) is 0 Å². The van der Waals surface area contributed by atoms with Gasteiger partial charge in [0.1, 0.15) is 12.7 Å². The molecule has 0 fully saturated rings. The van der Waals surface area contributed by atoms with Crippen LogP contribution in [0.15, 0.2) is 25.1 Å². The molecule has 8 heteroatoms. The van der Waals surface area contributed by atoms with E-state index in [-0.39, 0.29) is 6.17 Å². The quantitative estimate of drug-likeness (QED) is 0.786. The first-order chi connectivity index (χ1) is 9.65. The number of aryl methyl sites for hydroxylation is 2. The molecule has 3 rings (SSSR count). The van der Waals surface area contributed by atoms with Crippen LogP contribution in [-0.2, 0) is 27.2 Å². The maximum absolute atomic E-state index is 4.12. The molecule has 106 valence electrons. The lowest BCUT2D eigenvalue weighted by Gasteiger charge is -2.29. The number of aromatic nitrogens is 6. The summed E-state index contributed by atoms with van der Waals surface area (Å²) in [5.74, 6) is 1.89. The summed E-state index contributed by atoms with van der Waals surface area (Å²) in [4.78, 5) is 4.45. The molecule has 0 aliphatic carbocycles. The van der Waals surface area contributed by atoms with Gasteiger partial charge < -0.3 is 18.9 Å². The number of rotatable bonds is 4. The smallest absolute Gasteiger partial charge is 0.152 e. The van der Waals surface area contributed by atoms with Crippen molar-refractivity contribution >= 4 is 0 Å². The van der Waals surface area contributed by atoms with Gasteiger partial charge in [0, 0.05) is 26.5 Å². The summed E-state index contributed by atoms with van der Waals surface area (Å²) in [5, 5.41) is 16.1. The van der Waals surface area contributed by atoms with Crippen molar-refractivity contribution in [3.8, 4) is 0 Å². The molecule has 0 unspecified atom stereocenters. The van der Waals surface area contributed by atoms with Crippen LogP contribution < -0.4 is 0 Å². The number of hydrogen-bond donors (Lipinski definition) is 0. The molecule has 0 N–H and O–H groups in total. The third kappa shape index (κ3) is 2.24. The van der Waals surface area contributed by atoms with E-state index in [1.807, 2.05) is 23.2 Å². The van der Waals surface area contributed by atoms with Crippen LogP contribution in [-0.4, -0.2) is 45.5 Å². The van der Waals surface area contributed by atoms with Crippen LogP contribution >= 0.6 is 0 Å². The fraction of sp³-hybridized carbons (Fsp3) is 0.500. The van der Waals surface area contributed by atoms with Gasteiger partial charge >= 0.3 is 0 Å². The molecular weight excluding hydrogens is 256 g/mol. The van der Waals surface area contributed by atoms with Crippen molar-refractivity contribution in [1.82, 2.24) is 39.3 Å². The Morgan fingerprint density at radius 1 is 0.900 bits per heavy atom. The summed E-state index contributed by atoms with van der Waals surface area (Å²) < 4.78 is 3.87. The molecule has 8 nitrogen and oxygen atoms in total. The predicted molar refractivity (Wildman–Crippen MR) is 71.7 cm³/mol. The molecular formula is C12H18N8. The molecule has 0 atom stereocenters. The average Bonchev–Trinajstić information content (AvgIpc) is 3.09. The zero-order valence-corrected chi connectivity index (χ0v) is 11.9. The normalized spacial score (nSPS) is 15.6. The van der Waals surface area contributed by atoms with Crippen molar-refractivity contribution < 1.29 is 0 Å². The van der Waals surface area contributed by atoms with E-state index in [0.717, 1.165) is 24.7 Å². The zero-order valence-electron chi connectivity index (χ0n) is 11.9. The highest BCUT2D eigenvalue weighted by atomic mass is 15.4. The van der Waals surface area contributed by atoms with Gasteiger partial charge in [-0.05, 0) is 6.92 Å². The van der Waals surface area contributed by atoms with E-state index in [4.69, 9.17) is 0 Å². The van der Waals surface area contributed by atoms with Crippen LogP contribution in [0.25, 0.3) is 0 Å². The third-order valence-corrected chi connectivity index (χ3v) is 3.67. The van der Waals surface area contributed by atoms with E-state index in [9.17, 15) is 0 Å². The van der Waals surface area contributed by atoms with Gasteiger partial charge in [0.2, 0.25) is 0 Å². The topological polar surface area (TPSA) is 67.9 Å². The lowest BCUT2D eigenvalue weighted by molar-refractivity contribution is 0.152. The maximum Gasteiger partial charge on any atom is 0.152 e. The van der Waals surface area contributed by atoms with Gasteiger partial charge in [-0.3, -0.25) is 0 Å². The minimum Gasteiger partial charge on any atom is -0.349 e. The van der Waals surface area contributed by atoms with Crippen LogP contribution in [0.4, 0.5) is 0 Å². The van der Waals surface area contributed by atoms with Crippen molar-refractivity contribution in [1.29, 1.82) is 0 Å². The molecule has 2 aromatic rings. The Hall–Kier alpha value is -2.38. The highest BCUT2D eigenvalue weighted by molar-refractivity contribution is 5.00. The molecule has 1 aliphatic heterocycles. The number of nitrogens with zero attached hydrogens (tertiary/aromatic N) is 8. The van der Waals surface area contributed by atoms with Gasteiger partial charge in [-0.25, -0.2) is 0 Å². The standard InChI is InChI=1S/C12H18N8/c1-10-19(6-11-15-13-8-17(11)2)4-5-20(10)7-12-16-14-9-18(12)3/h4-5,8-10H,6-7H2,1-3H3. The maximum atomic E-state index is 4.12. The Labute approximate surface area is 117 Å². The molecule has 0 spiro atoms. The Balaban J connectivity index is 1.66. The van der Waals surface area contributed by atoms with Crippen LogP contribution in [0.5, 0.6) is 0 Å². The Kier molecular flexibility index (Phi) is 3.13. The minimum atomic E-state index is 0.253. The van der Waals surface area contributed by atoms with E-state index in [0.29, 0.717) is 0 Å². The Bertz CT molecular complexity index is 560. The second-order valence-corrected chi connectivity index (χ2v) is 4.99. The second kappa shape index (κ2) is 4.95. The van der Waals surface area contributed by atoms with Crippen LogP contribution in [0.3, 0.4) is 0 Å². The molecule has 0 saturated heterocycles. The van der Waals surface area contributed by atoms with E-state index in [2.05, 4.69) is 49.5 Å². The highest BCUT2D eigenvalue weighted by Crippen LogP contribution is 2.19. The van der Waals surface area contributed by atoms with Gasteiger partial charge in [0.25, 0.3) is 0 Å². The van der Waals surface area contributed by atoms with Crippen molar-refractivity contribution in [2.45, 2.75) is 26.2 Å². The lowest BCUT2D eigenvalue weighted by atomic mass is 10.4. The third-order valence-electron chi connectivity index (χ3n) is 3.67. The zero-order chi connectivity index (χ0) is 14.1. The van der Waals surface area contributed by atoms with Crippen molar-refractivity contribution in [2.24, 2.45) is 14.1 Å². The van der Waals surface area contributed by atoms with Gasteiger partial charge in [-0.2, -0.15) is 0 Å². The lowest BCUT2D eigenvalue weighted by Crippen LogP contribution is -2.36. The van der Waals surface area contributed by atoms with Gasteiger partial charge in [-0.1, -0.05) is 0 Å². The average molecular weight is 274 g/mol. The van der Waals surface area contributed by atoms with Crippen LogP contribution in [0.1, 0.15) is 18.6 Å². The second-order valence-electron chi connectivity index (χ2n) is 4.99. The first-order valence-corrected chi connectivity index (χ1v) is 6.50. The molecule has 0 radical (unpaired) electrons. The van der Waals surface area contributed by atoms with E-state index >= 15 is 0 Å². The first-order valence-electron chi connectivity index (χ1n) is 6.50. The molecule has 2 aromatic heterocycles. The summed E-state index contributed by atoms with van der Waals surface area (Å²) in [6, 6.07) is 0. The summed E-state index contributed by atoms with van der Waals surface area (Å²) in [5.41, 5.74) is 0. The number of hydrogen-bond acceptors (Lipinski definition) is 6. The Morgan fingerprint density at radius 3 is 1.70 bits per heavy atom. The van der Waals surface area contributed by atoms with E-state index in [1.165, 1.54) is 0 Å². The minimum absolute atomic E-state index is 0.253. The van der Waals surface area contributed by atoms with E-state index in [1.54, 1.807) is 12.7 Å². The van der Waals surface area contributed by atoms with E-state index < -0.39 is 0 Å². The summed E-state index contributed by atoms with van der Waals surface area (Å²) in [6.07, 6.45) is 7.85. The van der Waals surface area contributed by atoms with Crippen molar-refractivity contribution in [3.05, 3.63) is 36.7 Å². The molecule has 0 bridgehead atoms. The predicted octanol–water partition coefficient (Wildman–Crippen LogP) is 0.0786. The molecule has 0 amide bonds.